The van der Waals surface area contributed by atoms with Crippen molar-refractivity contribution in [3.05, 3.63) is 24.0 Å². The Morgan fingerprint density at radius 3 is 3.00 bits per heavy atom. The van der Waals surface area contributed by atoms with Crippen LogP contribution in [0.4, 0.5) is 0 Å². The number of hydrogen-bond donors (Lipinski definition) is 2. The first-order valence-electron chi connectivity index (χ1n) is 6.38. The van der Waals surface area contributed by atoms with Crippen molar-refractivity contribution in [2.75, 3.05) is 26.8 Å². The van der Waals surface area contributed by atoms with Crippen LogP contribution >= 0.6 is 0 Å². The number of nitrogens with one attached hydrogen (secondary N) is 2. The first kappa shape index (κ1) is 14.7. The van der Waals surface area contributed by atoms with Crippen molar-refractivity contribution in [2.45, 2.75) is 26.4 Å². The van der Waals surface area contributed by atoms with E-state index in [0.29, 0.717) is 13.2 Å². The molecule has 0 unspecified atom stereocenters. The van der Waals surface area contributed by atoms with Gasteiger partial charge in [0.05, 0.1) is 6.61 Å². The van der Waals surface area contributed by atoms with Gasteiger partial charge in [-0.3, -0.25) is 4.79 Å². The number of carbonyl (C=O) groups is 1. The second-order valence-electron chi connectivity index (χ2n) is 4.15. The molecule has 0 aliphatic carbocycles. The second-order valence-corrected chi connectivity index (χ2v) is 4.15. The highest BCUT2D eigenvalue weighted by atomic mass is 16.5. The van der Waals surface area contributed by atoms with Gasteiger partial charge in [-0.25, -0.2) is 0 Å². The first-order chi connectivity index (χ1) is 8.77. The molecule has 1 aromatic rings. The van der Waals surface area contributed by atoms with Gasteiger partial charge in [0.15, 0.2) is 0 Å². The smallest absolute Gasteiger partial charge is 0.239 e. The highest BCUT2D eigenvalue weighted by Crippen LogP contribution is 2.01. The Bertz CT molecular complexity index is 350. The largest absolute Gasteiger partial charge is 0.383 e. The normalized spacial score (nSPS) is 10.6. The number of amides is 1. The summed E-state index contributed by atoms with van der Waals surface area (Å²) in [6.07, 6.45) is 2.89. The van der Waals surface area contributed by atoms with Crippen molar-refractivity contribution in [3.63, 3.8) is 0 Å². The van der Waals surface area contributed by atoms with Crippen LogP contribution in [0.15, 0.2) is 18.3 Å². The van der Waals surface area contributed by atoms with Crippen LogP contribution in [0.25, 0.3) is 0 Å². The van der Waals surface area contributed by atoms with E-state index in [-0.39, 0.29) is 5.91 Å². The molecule has 0 radical (unpaired) electrons. The van der Waals surface area contributed by atoms with E-state index in [1.165, 1.54) is 0 Å². The predicted octanol–water partition coefficient (Wildman–Crippen LogP) is 0.750. The molecule has 0 aliphatic rings. The summed E-state index contributed by atoms with van der Waals surface area (Å²) in [5.41, 5.74) is 1.11. The molecule has 0 aliphatic heterocycles. The highest BCUT2D eigenvalue weighted by molar-refractivity contribution is 5.75. The number of hydrogen-bond acceptors (Lipinski definition) is 3. The average Bonchev–Trinajstić information content (AvgIpc) is 2.79. The minimum absolute atomic E-state index is 0.0613. The standard InChI is InChI=1S/C13H23N3O2/c1-3-6-15-13(17)11-16-8-4-5-12(16)10-14-7-9-18-2/h4-5,8,14H,3,6-7,9-11H2,1-2H3,(H,15,17). The fourth-order valence-electron chi connectivity index (χ4n) is 1.63. The molecule has 0 bridgehead atoms. The van der Waals surface area contributed by atoms with Crippen molar-refractivity contribution in [1.29, 1.82) is 0 Å². The molecule has 1 heterocycles. The number of rotatable bonds is 9. The van der Waals surface area contributed by atoms with Gasteiger partial charge in [0.1, 0.15) is 6.54 Å². The van der Waals surface area contributed by atoms with E-state index in [1.54, 1.807) is 7.11 Å². The number of carbonyl (C=O) groups excluding carboxylic acids is 1. The van der Waals surface area contributed by atoms with Gasteiger partial charge in [-0.2, -0.15) is 0 Å². The van der Waals surface area contributed by atoms with Crippen molar-refractivity contribution in [1.82, 2.24) is 15.2 Å². The maximum Gasteiger partial charge on any atom is 0.239 e. The quantitative estimate of drug-likeness (QED) is 0.639. The average molecular weight is 253 g/mol. The van der Waals surface area contributed by atoms with E-state index in [0.717, 1.165) is 31.7 Å². The summed E-state index contributed by atoms with van der Waals surface area (Å²) in [4.78, 5) is 11.6. The van der Waals surface area contributed by atoms with Gasteiger partial charge in [0.25, 0.3) is 0 Å². The highest BCUT2D eigenvalue weighted by Gasteiger charge is 2.05. The van der Waals surface area contributed by atoms with Crippen molar-refractivity contribution >= 4 is 5.91 Å². The molecule has 18 heavy (non-hydrogen) atoms. The van der Waals surface area contributed by atoms with Gasteiger partial charge in [-0.1, -0.05) is 6.92 Å². The van der Waals surface area contributed by atoms with Gasteiger partial charge in [-0.05, 0) is 18.6 Å². The Kier molecular flexibility index (Phi) is 7.13. The lowest BCUT2D eigenvalue weighted by atomic mass is 10.4. The van der Waals surface area contributed by atoms with E-state index in [9.17, 15) is 4.79 Å². The Labute approximate surface area is 109 Å². The maximum absolute atomic E-state index is 11.6. The molecule has 0 spiro atoms. The zero-order chi connectivity index (χ0) is 13.2. The van der Waals surface area contributed by atoms with E-state index in [2.05, 4.69) is 10.6 Å². The molecule has 2 N–H and O–H groups in total. The monoisotopic (exact) mass is 253 g/mol. The zero-order valence-electron chi connectivity index (χ0n) is 11.2. The van der Waals surface area contributed by atoms with Crippen molar-refractivity contribution in [3.8, 4) is 0 Å². The Morgan fingerprint density at radius 2 is 2.28 bits per heavy atom. The third kappa shape index (κ3) is 5.33. The van der Waals surface area contributed by atoms with Gasteiger partial charge in [0, 0.05) is 38.6 Å². The van der Waals surface area contributed by atoms with Gasteiger partial charge in [0.2, 0.25) is 5.91 Å². The summed E-state index contributed by atoms with van der Waals surface area (Å²) in [6.45, 7) is 5.41. The van der Waals surface area contributed by atoms with Crippen LogP contribution < -0.4 is 10.6 Å². The minimum Gasteiger partial charge on any atom is -0.383 e. The van der Waals surface area contributed by atoms with Gasteiger partial charge >= 0.3 is 0 Å². The van der Waals surface area contributed by atoms with Gasteiger partial charge < -0.3 is 19.9 Å². The van der Waals surface area contributed by atoms with Crippen LogP contribution in [0.5, 0.6) is 0 Å². The first-order valence-corrected chi connectivity index (χ1v) is 6.38. The Morgan fingerprint density at radius 1 is 1.44 bits per heavy atom. The Balaban J connectivity index is 2.37. The fraction of sp³-hybridized carbons (Fsp3) is 0.615. The molecular weight excluding hydrogens is 230 g/mol. The topological polar surface area (TPSA) is 55.3 Å². The number of nitrogens with zero attached hydrogens (tertiary/aromatic N) is 1. The van der Waals surface area contributed by atoms with Crippen LogP contribution in [0.3, 0.4) is 0 Å². The Hall–Kier alpha value is -1.33. The fourth-order valence-corrected chi connectivity index (χ4v) is 1.63. The molecule has 0 fully saturated rings. The second kappa shape index (κ2) is 8.72. The molecule has 0 saturated carbocycles. The molecule has 0 saturated heterocycles. The van der Waals surface area contributed by atoms with E-state index in [4.69, 9.17) is 4.74 Å². The third-order valence-electron chi connectivity index (χ3n) is 2.60. The molecule has 0 aromatic carbocycles. The summed E-state index contributed by atoms with van der Waals surface area (Å²) >= 11 is 0. The van der Waals surface area contributed by atoms with Crippen LogP contribution in [0.1, 0.15) is 19.0 Å². The van der Waals surface area contributed by atoms with Crippen LogP contribution in [0.2, 0.25) is 0 Å². The van der Waals surface area contributed by atoms with E-state index >= 15 is 0 Å². The molecule has 1 amide bonds. The summed E-state index contributed by atoms with van der Waals surface area (Å²) in [5, 5.41) is 6.14. The molecular formula is C13H23N3O2. The van der Waals surface area contributed by atoms with Gasteiger partial charge in [-0.15, -0.1) is 0 Å². The van der Waals surface area contributed by atoms with Crippen LogP contribution in [-0.2, 0) is 22.6 Å². The molecule has 0 atom stereocenters. The SMILES string of the molecule is CCCNC(=O)Cn1cccc1CNCCOC. The predicted molar refractivity (Wildman–Crippen MR) is 71.3 cm³/mol. The summed E-state index contributed by atoms with van der Waals surface area (Å²) in [7, 11) is 1.68. The van der Waals surface area contributed by atoms with Crippen molar-refractivity contribution in [2.24, 2.45) is 0 Å². The minimum atomic E-state index is 0.0613. The number of ether oxygens (including phenoxy) is 1. The lowest BCUT2D eigenvalue weighted by molar-refractivity contribution is -0.121. The maximum atomic E-state index is 11.6. The van der Waals surface area contributed by atoms with Crippen LogP contribution in [0, 0.1) is 0 Å². The molecule has 1 aromatic heterocycles. The molecule has 102 valence electrons. The lowest BCUT2D eigenvalue weighted by Crippen LogP contribution is -2.29. The van der Waals surface area contributed by atoms with Crippen LogP contribution in [-0.4, -0.2) is 37.3 Å². The summed E-state index contributed by atoms with van der Waals surface area (Å²) in [5.74, 6) is 0.0613. The molecule has 5 heteroatoms. The van der Waals surface area contributed by atoms with Crippen molar-refractivity contribution < 1.29 is 9.53 Å². The number of methoxy groups -OCH3 is 1. The summed E-state index contributed by atoms with van der Waals surface area (Å²) in [6, 6.07) is 3.98. The molecule has 5 nitrogen and oxygen atoms in total. The lowest BCUT2D eigenvalue weighted by Gasteiger charge is -2.10. The summed E-state index contributed by atoms with van der Waals surface area (Å²) < 4.78 is 6.93. The third-order valence-corrected chi connectivity index (χ3v) is 2.60. The molecule has 1 rings (SSSR count). The number of aromatic nitrogens is 1. The zero-order valence-corrected chi connectivity index (χ0v) is 11.2. The van der Waals surface area contributed by atoms with E-state index in [1.807, 2.05) is 29.8 Å². The van der Waals surface area contributed by atoms with E-state index < -0.39 is 0 Å².